The van der Waals surface area contributed by atoms with E-state index in [1.807, 2.05) is 12.3 Å². The van der Waals surface area contributed by atoms with E-state index in [0.717, 1.165) is 25.1 Å². The molecule has 0 fully saturated rings. The van der Waals surface area contributed by atoms with Crippen LogP contribution in [0.3, 0.4) is 0 Å². The van der Waals surface area contributed by atoms with Crippen LogP contribution in [0.2, 0.25) is 0 Å². The molecule has 0 saturated carbocycles. The van der Waals surface area contributed by atoms with Crippen molar-refractivity contribution in [3.05, 3.63) is 16.6 Å². The van der Waals surface area contributed by atoms with E-state index in [0.29, 0.717) is 6.54 Å². The summed E-state index contributed by atoms with van der Waals surface area (Å²) in [7, 11) is 0. The van der Waals surface area contributed by atoms with Crippen molar-refractivity contribution < 1.29 is 4.79 Å². The summed E-state index contributed by atoms with van der Waals surface area (Å²) in [6, 6.07) is -0.0953. The highest BCUT2D eigenvalue weighted by molar-refractivity contribution is 7.07. The van der Waals surface area contributed by atoms with Gasteiger partial charge < -0.3 is 10.6 Å². The summed E-state index contributed by atoms with van der Waals surface area (Å²) in [5.74, 6) is 0. The highest BCUT2D eigenvalue weighted by Gasteiger charge is 1.98. The molecule has 0 atom stereocenters. The Balaban J connectivity index is 2.06. The Morgan fingerprint density at radius 3 is 2.93 bits per heavy atom. The van der Waals surface area contributed by atoms with Gasteiger partial charge in [0.15, 0.2) is 0 Å². The molecule has 14 heavy (non-hydrogen) atoms. The SMILES string of the molecule is CCCNC(=O)NCCc1cscn1. The van der Waals surface area contributed by atoms with Gasteiger partial charge in [-0.1, -0.05) is 6.92 Å². The molecular weight excluding hydrogens is 198 g/mol. The Labute approximate surface area is 87.7 Å². The zero-order chi connectivity index (χ0) is 10.2. The summed E-state index contributed by atoms with van der Waals surface area (Å²) in [5.41, 5.74) is 2.83. The lowest BCUT2D eigenvalue weighted by molar-refractivity contribution is 0.241. The average Bonchev–Trinajstić information content (AvgIpc) is 2.67. The molecule has 0 spiro atoms. The number of carbonyl (C=O) groups excluding carboxylic acids is 1. The Bertz CT molecular complexity index is 261. The number of amides is 2. The number of hydrogen-bond donors (Lipinski definition) is 2. The maximum absolute atomic E-state index is 11.1. The minimum atomic E-state index is -0.0953. The van der Waals surface area contributed by atoms with Gasteiger partial charge in [0.1, 0.15) is 0 Å². The van der Waals surface area contributed by atoms with E-state index >= 15 is 0 Å². The number of rotatable bonds is 5. The van der Waals surface area contributed by atoms with Gasteiger partial charge in [0.25, 0.3) is 0 Å². The minimum absolute atomic E-state index is 0.0953. The molecule has 1 aromatic rings. The monoisotopic (exact) mass is 213 g/mol. The molecule has 0 aliphatic heterocycles. The first-order valence-electron chi connectivity index (χ1n) is 4.71. The van der Waals surface area contributed by atoms with E-state index in [9.17, 15) is 4.79 Å². The van der Waals surface area contributed by atoms with Crippen LogP contribution in [0.15, 0.2) is 10.9 Å². The smallest absolute Gasteiger partial charge is 0.314 e. The molecule has 0 bridgehead atoms. The van der Waals surface area contributed by atoms with Crippen molar-refractivity contribution in [2.24, 2.45) is 0 Å². The first-order chi connectivity index (χ1) is 6.83. The largest absolute Gasteiger partial charge is 0.338 e. The Kier molecular flexibility index (Phi) is 4.99. The molecule has 0 radical (unpaired) electrons. The molecule has 0 aromatic carbocycles. The van der Waals surface area contributed by atoms with Gasteiger partial charge in [0.05, 0.1) is 11.2 Å². The summed E-state index contributed by atoms with van der Waals surface area (Å²) in [5, 5.41) is 7.51. The van der Waals surface area contributed by atoms with Gasteiger partial charge >= 0.3 is 6.03 Å². The van der Waals surface area contributed by atoms with E-state index < -0.39 is 0 Å². The van der Waals surface area contributed by atoms with Crippen molar-refractivity contribution in [2.75, 3.05) is 13.1 Å². The summed E-state index contributed by atoms with van der Waals surface area (Å²) in [6.07, 6.45) is 1.75. The number of thiazole rings is 1. The number of aromatic nitrogens is 1. The highest BCUT2D eigenvalue weighted by atomic mass is 32.1. The molecule has 1 heterocycles. The maximum Gasteiger partial charge on any atom is 0.314 e. The third-order valence-corrected chi connectivity index (χ3v) is 2.32. The fourth-order valence-corrected chi connectivity index (χ4v) is 1.56. The second-order valence-electron chi connectivity index (χ2n) is 2.91. The zero-order valence-corrected chi connectivity index (χ0v) is 9.06. The standard InChI is InChI=1S/C9H15N3OS/c1-2-4-10-9(13)11-5-3-8-6-14-7-12-8/h6-7H,2-5H2,1H3,(H2,10,11,13). The number of nitrogens with one attached hydrogen (secondary N) is 2. The van der Waals surface area contributed by atoms with Crippen LogP contribution in [-0.2, 0) is 6.42 Å². The van der Waals surface area contributed by atoms with Gasteiger partial charge in [-0.25, -0.2) is 9.78 Å². The van der Waals surface area contributed by atoms with Crippen molar-refractivity contribution in [1.29, 1.82) is 0 Å². The third-order valence-electron chi connectivity index (χ3n) is 1.69. The van der Waals surface area contributed by atoms with Crippen molar-refractivity contribution in [3.63, 3.8) is 0 Å². The molecule has 1 aromatic heterocycles. The first-order valence-corrected chi connectivity index (χ1v) is 5.66. The van der Waals surface area contributed by atoms with E-state index in [2.05, 4.69) is 15.6 Å². The lowest BCUT2D eigenvalue weighted by atomic mass is 10.3. The van der Waals surface area contributed by atoms with Crippen LogP contribution >= 0.6 is 11.3 Å². The molecule has 0 unspecified atom stereocenters. The molecule has 5 heteroatoms. The number of hydrogen-bond acceptors (Lipinski definition) is 3. The van der Waals surface area contributed by atoms with Gasteiger partial charge in [-0.3, -0.25) is 0 Å². The van der Waals surface area contributed by atoms with Gasteiger partial charge in [-0.2, -0.15) is 0 Å². The second-order valence-corrected chi connectivity index (χ2v) is 3.63. The second kappa shape index (κ2) is 6.37. The normalized spacial score (nSPS) is 9.79. The fourth-order valence-electron chi connectivity index (χ4n) is 0.966. The maximum atomic E-state index is 11.1. The predicted molar refractivity (Wildman–Crippen MR) is 57.5 cm³/mol. The predicted octanol–water partition coefficient (Wildman–Crippen LogP) is 1.39. The van der Waals surface area contributed by atoms with Crippen molar-refractivity contribution in [1.82, 2.24) is 15.6 Å². The van der Waals surface area contributed by atoms with Crippen LogP contribution in [-0.4, -0.2) is 24.1 Å². The van der Waals surface area contributed by atoms with E-state index in [4.69, 9.17) is 0 Å². The molecule has 1 rings (SSSR count). The molecule has 2 amide bonds. The zero-order valence-electron chi connectivity index (χ0n) is 8.25. The topological polar surface area (TPSA) is 54.0 Å². The summed E-state index contributed by atoms with van der Waals surface area (Å²) in [6.45, 7) is 3.39. The van der Waals surface area contributed by atoms with E-state index in [1.54, 1.807) is 16.8 Å². The molecule has 0 aliphatic carbocycles. The summed E-state index contributed by atoms with van der Waals surface area (Å²) >= 11 is 1.57. The average molecular weight is 213 g/mol. The van der Waals surface area contributed by atoms with E-state index in [1.165, 1.54) is 0 Å². The van der Waals surface area contributed by atoms with Crippen LogP contribution in [0.25, 0.3) is 0 Å². The quantitative estimate of drug-likeness (QED) is 0.776. The first kappa shape index (κ1) is 11.0. The van der Waals surface area contributed by atoms with Crippen LogP contribution < -0.4 is 10.6 Å². The molecule has 2 N–H and O–H groups in total. The lowest BCUT2D eigenvalue weighted by Crippen LogP contribution is -2.36. The van der Waals surface area contributed by atoms with Gasteiger partial charge in [-0.05, 0) is 6.42 Å². The Hall–Kier alpha value is -1.10. The van der Waals surface area contributed by atoms with Crippen LogP contribution in [0, 0.1) is 0 Å². The number of carbonyl (C=O) groups is 1. The number of nitrogens with zero attached hydrogens (tertiary/aromatic N) is 1. The molecule has 0 saturated heterocycles. The molecule has 0 aliphatic rings. The highest BCUT2D eigenvalue weighted by Crippen LogP contribution is 2.00. The molecular formula is C9H15N3OS. The summed E-state index contributed by atoms with van der Waals surface area (Å²) in [4.78, 5) is 15.2. The van der Waals surface area contributed by atoms with Crippen molar-refractivity contribution in [2.45, 2.75) is 19.8 Å². The summed E-state index contributed by atoms with van der Waals surface area (Å²) < 4.78 is 0. The van der Waals surface area contributed by atoms with Crippen LogP contribution in [0.5, 0.6) is 0 Å². The Morgan fingerprint density at radius 2 is 2.29 bits per heavy atom. The van der Waals surface area contributed by atoms with Crippen LogP contribution in [0.4, 0.5) is 4.79 Å². The molecule has 4 nitrogen and oxygen atoms in total. The van der Waals surface area contributed by atoms with E-state index in [-0.39, 0.29) is 6.03 Å². The molecule has 78 valence electrons. The van der Waals surface area contributed by atoms with Gasteiger partial charge in [0.2, 0.25) is 0 Å². The fraction of sp³-hybridized carbons (Fsp3) is 0.556. The third kappa shape index (κ3) is 4.23. The van der Waals surface area contributed by atoms with Gasteiger partial charge in [-0.15, -0.1) is 11.3 Å². The van der Waals surface area contributed by atoms with Crippen molar-refractivity contribution in [3.8, 4) is 0 Å². The van der Waals surface area contributed by atoms with Crippen LogP contribution in [0.1, 0.15) is 19.0 Å². The lowest BCUT2D eigenvalue weighted by Gasteiger charge is -2.04. The number of urea groups is 1. The minimum Gasteiger partial charge on any atom is -0.338 e. The van der Waals surface area contributed by atoms with Gasteiger partial charge in [0, 0.05) is 24.9 Å². The van der Waals surface area contributed by atoms with Crippen molar-refractivity contribution >= 4 is 17.4 Å². The Morgan fingerprint density at radius 1 is 1.50 bits per heavy atom.